The van der Waals surface area contributed by atoms with E-state index in [-0.39, 0.29) is 11.9 Å². The quantitative estimate of drug-likeness (QED) is 0.760. The Bertz CT molecular complexity index is 297. The smallest absolute Gasteiger partial charge is 0.224 e. The van der Waals surface area contributed by atoms with Crippen LogP contribution in [0.3, 0.4) is 0 Å². The van der Waals surface area contributed by atoms with Crippen LogP contribution in [0.4, 0.5) is 0 Å². The van der Waals surface area contributed by atoms with Crippen molar-refractivity contribution in [2.24, 2.45) is 5.73 Å². The van der Waals surface area contributed by atoms with Crippen molar-refractivity contribution < 1.29 is 4.79 Å². The average molecular weight is 196 g/mol. The number of hydrogen-bond donors (Lipinski definition) is 1. The Morgan fingerprint density at radius 2 is 2.54 bits per heavy atom. The second-order valence-electron chi connectivity index (χ2n) is 3.37. The highest BCUT2D eigenvalue weighted by Crippen LogP contribution is 2.15. The fourth-order valence-corrected chi connectivity index (χ4v) is 2.22. The number of nitrogens with zero attached hydrogens (tertiary/aromatic N) is 1. The monoisotopic (exact) mass is 196 g/mol. The molecule has 1 fully saturated rings. The van der Waals surface area contributed by atoms with Crippen molar-refractivity contribution in [3.63, 3.8) is 0 Å². The molecule has 70 valence electrons. The summed E-state index contributed by atoms with van der Waals surface area (Å²) >= 11 is 1.66. The highest BCUT2D eigenvalue weighted by Gasteiger charge is 2.26. The summed E-state index contributed by atoms with van der Waals surface area (Å²) in [4.78, 5) is 13.2. The lowest BCUT2D eigenvalue weighted by molar-refractivity contribution is -0.128. The van der Waals surface area contributed by atoms with Gasteiger partial charge in [-0.15, -0.1) is 0 Å². The summed E-state index contributed by atoms with van der Waals surface area (Å²) in [5.41, 5.74) is 6.89. The average Bonchev–Trinajstić information content (AvgIpc) is 2.63. The molecule has 1 aromatic rings. The number of nitrogens with two attached hydrogens (primary N) is 1. The van der Waals surface area contributed by atoms with Crippen molar-refractivity contribution in [3.8, 4) is 0 Å². The minimum absolute atomic E-state index is 0.0335. The first-order valence-electron chi connectivity index (χ1n) is 4.30. The van der Waals surface area contributed by atoms with E-state index in [0.29, 0.717) is 13.0 Å². The van der Waals surface area contributed by atoms with Crippen molar-refractivity contribution in [1.82, 2.24) is 4.90 Å². The van der Waals surface area contributed by atoms with Gasteiger partial charge in [-0.05, 0) is 22.4 Å². The zero-order valence-corrected chi connectivity index (χ0v) is 8.09. The number of rotatable bonds is 2. The number of hydrogen-bond acceptors (Lipinski definition) is 3. The predicted molar refractivity (Wildman–Crippen MR) is 52.3 cm³/mol. The van der Waals surface area contributed by atoms with Crippen LogP contribution in [-0.4, -0.2) is 23.4 Å². The zero-order chi connectivity index (χ0) is 9.26. The lowest BCUT2D eigenvalue weighted by atomic mass is 10.3. The van der Waals surface area contributed by atoms with Gasteiger partial charge in [-0.1, -0.05) is 0 Å². The summed E-state index contributed by atoms with van der Waals surface area (Å²) in [5, 5.41) is 4.09. The van der Waals surface area contributed by atoms with Crippen molar-refractivity contribution in [2.75, 3.05) is 6.54 Å². The molecule has 2 heterocycles. The Kier molecular flexibility index (Phi) is 2.33. The van der Waals surface area contributed by atoms with Crippen molar-refractivity contribution >= 4 is 17.2 Å². The molecular weight excluding hydrogens is 184 g/mol. The van der Waals surface area contributed by atoms with Crippen LogP contribution in [-0.2, 0) is 11.3 Å². The molecule has 2 rings (SSSR count). The second kappa shape index (κ2) is 3.47. The molecule has 0 saturated carbocycles. The molecular formula is C9H12N2OS. The molecule has 0 spiro atoms. The summed E-state index contributed by atoms with van der Waals surface area (Å²) in [6.07, 6.45) is 0.504. The Morgan fingerprint density at radius 1 is 1.69 bits per heavy atom. The summed E-state index contributed by atoms with van der Waals surface area (Å²) in [7, 11) is 0. The molecule has 13 heavy (non-hydrogen) atoms. The minimum Gasteiger partial charge on any atom is -0.337 e. The van der Waals surface area contributed by atoms with Crippen LogP contribution in [0.5, 0.6) is 0 Å². The first-order valence-corrected chi connectivity index (χ1v) is 5.24. The summed E-state index contributed by atoms with van der Waals surface area (Å²) in [6.45, 7) is 1.42. The fourth-order valence-electron chi connectivity index (χ4n) is 1.56. The Morgan fingerprint density at radius 3 is 3.08 bits per heavy atom. The summed E-state index contributed by atoms with van der Waals surface area (Å²) < 4.78 is 0. The van der Waals surface area contributed by atoms with E-state index in [1.165, 1.54) is 5.56 Å². The van der Waals surface area contributed by atoms with Crippen molar-refractivity contribution in [3.05, 3.63) is 22.4 Å². The van der Waals surface area contributed by atoms with Crippen LogP contribution < -0.4 is 5.73 Å². The lowest BCUT2D eigenvalue weighted by Gasteiger charge is -2.14. The number of carbonyl (C=O) groups excluding carboxylic acids is 1. The van der Waals surface area contributed by atoms with Gasteiger partial charge in [-0.3, -0.25) is 4.79 Å². The maximum absolute atomic E-state index is 11.4. The van der Waals surface area contributed by atoms with Crippen molar-refractivity contribution in [2.45, 2.75) is 19.0 Å². The minimum atomic E-state index is 0.0335. The van der Waals surface area contributed by atoms with E-state index in [1.807, 2.05) is 16.3 Å². The molecule has 1 aliphatic rings. The maximum Gasteiger partial charge on any atom is 0.224 e. The van der Waals surface area contributed by atoms with Gasteiger partial charge in [0, 0.05) is 25.6 Å². The number of amides is 1. The van der Waals surface area contributed by atoms with Gasteiger partial charge in [0.2, 0.25) is 5.91 Å². The zero-order valence-electron chi connectivity index (χ0n) is 7.27. The molecule has 4 heteroatoms. The molecule has 1 unspecified atom stereocenters. The Hall–Kier alpha value is -0.870. The van der Waals surface area contributed by atoms with E-state index < -0.39 is 0 Å². The van der Waals surface area contributed by atoms with Crippen LogP contribution in [0, 0.1) is 0 Å². The topological polar surface area (TPSA) is 46.3 Å². The van der Waals surface area contributed by atoms with Crippen LogP contribution in [0.25, 0.3) is 0 Å². The molecule has 1 aliphatic heterocycles. The van der Waals surface area contributed by atoms with E-state index in [1.54, 1.807) is 11.3 Å². The summed E-state index contributed by atoms with van der Waals surface area (Å²) in [5.74, 6) is 0.179. The van der Waals surface area contributed by atoms with Crippen LogP contribution in [0.2, 0.25) is 0 Å². The van der Waals surface area contributed by atoms with E-state index >= 15 is 0 Å². The molecule has 0 radical (unpaired) electrons. The van der Waals surface area contributed by atoms with Gasteiger partial charge in [0.15, 0.2) is 0 Å². The van der Waals surface area contributed by atoms with Gasteiger partial charge in [-0.2, -0.15) is 11.3 Å². The second-order valence-corrected chi connectivity index (χ2v) is 4.15. The van der Waals surface area contributed by atoms with Crippen molar-refractivity contribution in [1.29, 1.82) is 0 Å². The Balaban J connectivity index is 1.99. The standard InChI is InChI=1S/C9H12N2OS/c10-8-3-9(12)11(5-8)4-7-1-2-13-6-7/h1-2,6,8H,3-5,10H2. The van der Waals surface area contributed by atoms with E-state index in [9.17, 15) is 4.79 Å². The van der Waals surface area contributed by atoms with Gasteiger partial charge in [0.25, 0.3) is 0 Å². The van der Waals surface area contributed by atoms with Crippen LogP contribution in [0.15, 0.2) is 16.8 Å². The van der Waals surface area contributed by atoms with Gasteiger partial charge in [0.1, 0.15) is 0 Å². The summed E-state index contributed by atoms with van der Waals surface area (Å²) in [6, 6.07) is 2.08. The van der Waals surface area contributed by atoms with E-state index in [0.717, 1.165) is 6.54 Å². The Labute approximate surface area is 81.2 Å². The third-order valence-corrected chi connectivity index (χ3v) is 2.93. The molecule has 0 bridgehead atoms. The van der Waals surface area contributed by atoms with Crippen LogP contribution >= 0.6 is 11.3 Å². The maximum atomic E-state index is 11.4. The molecule has 1 atom stereocenters. The first kappa shape index (κ1) is 8.72. The molecule has 2 N–H and O–H groups in total. The lowest BCUT2D eigenvalue weighted by Crippen LogP contribution is -2.27. The highest BCUT2D eigenvalue weighted by molar-refractivity contribution is 7.07. The largest absolute Gasteiger partial charge is 0.337 e. The highest BCUT2D eigenvalue weighted by atomic mass is 32.1. The van der Waals surface area contributed by atoms with Gasteiger partial charge in [-0.25, -0.2) is 0 Å². The molecule has 3 nitrogen and oxygen atoms in total. The van der Waals surface area contributed by atoms with E-state index in [2.05, 4.69) is 5.38 Å². The van der Waals surface area contributed by atoms with Gasteiger partial charge >= 0.3 is 0 Å². The number of thiophene rings is 1. The van der Waals surface area contributed by atoms with Crippen LogP contribution in [0.1, 0.15) is 12.0 Å². The molecule has 0 aliphatic carbocycles. The number of likely N-dealkylation sites (tertiary alicyclic amines) is 1. The third kappa shape index (κ3) is 1.89. The molecule has 1 aromatic heterocycles. The fraction of sp³-hybridized carbons (Fsp3) is 0.444. The predicted octanol–water partition coefficient (Wildman–Crippen LogP) is 0.808. The van der Waals surface area contributed by atoms with Gasteiger partial charge < -0.3 is 10.6 Å². The third-order valence-electron chi connectivity index (χ3n) is 2.20. The number of carbonyl (C=O) groups is 1. The first-order chi connectivity index (χ1) is 6.25. The SMILES string of the molecule is NC1CC(=O)N(Cc2ccsc2)C1. The molecule has 1 saturated heterocycles. The molecule has 0 aromatic carbocycles. The normalized spacial score (nSPS) is 22.7. The van der Waals surface area contributed by atoms with Gasteiger partial charge in [0.05, 0.1) is 0 Å². The molecule has 1 amide bonds. The van der Waals surface area contributed by atoms with E-state index in [4.69, 9.17) is 5.73 Å².